The van der Waals surface area contributed by atoms with Gasteiger partial charge in [0, 0.05) is 16.6 Å². The topological polar surface area (TPSA) is 74.5 Å². The highest BCUT2D eigenvalue weighted by Crippen LogP contribution is 2.30. The van der Waals surface area contributed by atoms with Crippen molar-refractivity contribution in [2.45, 2.75) is 31.5 Å². The average Bonchev–Trinajstić information content (AvgIpc) is 2.93. The Morgan fingerprint density at radius 2 is 2.09 bits per heavy atom. The number of methoxy groups -OCH3 is 1. The van der Waals surface area contributed by atoms with Gasteiger partial charge in [0.25, 0.3) is 0 Å². The molecule has 0 saturated heterocycles. The van der Waals surface area contributed by atoms with E-state index < -0.39 is 22.7 Å². The summed E-state index contributed by atoms with van der Waals surface area (Å²) in [4.78, 5) is 4.05. The maximum absolute atomic E-state index is 12.4. The Morgan fingerprint density at radius 3 is 2.65 bits per heavy atom. The number of ether oxygens (including phenoxy) is 2. The van der Waals surface area contributed by atoms with Gasteiger partial charge in [0.05, 0.1) is 7.11 Å². The summed E-state index contributed by atoms with van der Waals surface area (Å²) in [6.45, 7) is 0.453. The number of rotatable bonds is 7. The summed E-state index contributed by atoms with van der Waals surface area (Å²) in [6.07, 6.45) is 0. The second-order valence-electron chi connectivity index (χ2n) is 4.71. The van der Waals surface area contributed by atoms with Crippen molar-refractivity contribution in [1.29, 1.82) is 0 Å². The molecule has 6 nitrogen and oxygen atoms in total. The highest BCUT2D eigenvalue weighted by atomic mass is 32.2. The molecule has 0 radical (unpaired) electrons. The van der Waals surface area contributed by atoms with Gasteiger partial charge in [-0.2, -0.15) is 13.8 Å². The molecule has 2 atom stereocenters. The Morgan fingerprint density at radius 1 is 1.35 bits per heavy atom. The highest BCUT2D eigenvalue weighted by Gasteiger charge is 2.21. The lowest BCUT2D eigenvalue weighted by Crippen LogP contribution is -2.07. The first-order chi connectivity index (χ1) is 10.9. The van der Waals surface area contributed by atoms with Crippen molar-refractivity contribution in [2.75, 3.05) is 7.11 Å². The molecule has 0 saturated carbocycles. The van der Waals surface area contributed by atoms with Crippen molar-refractivity contribution in [1.82, 2.24) is 10.1 Å². The molecule has 2 rings (SSSR count). The number of benzene rings is 1. The Hall–Kier alpha value is -2.03. The number of aromatic nitrogens is 2. The fourth-order valence-electron chi connectivity index (χ4n) is 1.88. The van der Waals surface area contributed by atoms with Gasteiger partial charge in [0.1, 0.15) is 5.25 Å². The van der Waals surface area contributed by atoms with Crippen LogP contribution in [-0.2, 0) is 16.6 Å². The minimum atomic E-state index is -2.94. The van der Waals surface area contributed by atoms with Gasteiger partial charge in [0.2, 0.25) is 5.89 Å². The van der Waals surface area contributed by atoms with E-state index in [4.69, 9.17) is 9.26 Å². The van der Waals surface area contributed by atoms with Gasteiger partial charge in [-0.05, 0) is 31.5 Å². The van der Waals surface area contributed by atoms with Gasteiger partial charge in [-0.15, -0.1) is 0 Å². The van der Waals surface area contributed by atoms with Crippen LogP contribution in [0.25, 0.3) is 0 Å². The third kappa shape index (κ3) is 4.47. The molecule has 0 amide bonds. The van der Waals surface area contributed by atoms with E-state index in [1.807, 2.05) is 0 Å². The SMILES string of the molecule is COc1cc(C[S@@](=O)[C@H](C)c2nc(C)no2)ccc1OC(F)F. The Kier molecular flexibility index (Phi) is 5.64. The molecule has 1 heterocycles. The van der Waals surface area contributed by atoms with Crippen LogP contribution in [0.4, 0.5) is 8.78 Å². The standard InChI is InChI=1S/C14H16F2N2O4S/c1-8(13-17-9(2)18-22-13)23(19)7-10-4-5-11(21-14(15)16)12(6-10)20-3/h4-6,8,14H,7H2,1-3H3/t8-,23-/m1/s1. The lowest BCUT2D eigenvalue weighted by molar-refractivity contribution is -0.0512. The van der Waals surface area contributed by atoms with Crippen LogP contribution in [0.2, 0.25) is 0 Å². The fraction of sp³-hybridized carbons (Fsp3) is 0.429. The van der Waals surface area contributed by atoms with Crippen LogP contribution in [0.15, 0.2) is 22.7 Å². The van der Waals surface area contributed by atoms with Crippen molar-refractivity contribution in [2.24, 2.45) is 0 Å². The number of hydrogen-bond acceptors (Lipinski definition) is 6. The fourth-order valence-corrected chi connectivity index (χ4v) is 2.95. The first-order valence-corrected chi connectivity index (χ1v) is 8.08. The van der Waals surface area contributed by atoms with Crippen LogP contribution in [0.5, 0.6) is 11.5 Å². The van der Waals surface area contributed by atoms with Crippen molar-refractivity contribution in [3.8, 4) is 11.5 Å². The Labute approximate surface area is 134 Å². The molecule has 1 aromatic heterocycles. The van der Waals surface area contributed by atoms with Crippen molar-refractivity contribution < 1.29 is 27.0 Å². The maximum atomic E-state index is 12.4. The number of hydrogen-bond donors (Lipinski definition) is 0. The van der Waals surface area contributed by atoms with Gasteiger partial charge >= 0.3 is 6.61 Å². The molecule has 1 aromatic carbocycles. The van der Waals surface area contributed by atoms with Crippen LogP contribution < -0.4 is 9.47 Å². The molecule has 0 aliphatic rings. The normalized spacial score (nSPS) is 13.8. The summed E-state index contributed by atoms with van der Waals surface area (Å²) < 4.78 is 51.3. The molecule has 0 N–H and O–H groups in total. The molecule has 0 fully saturated rings. The molecule has 0 unspecified atom stereocenters. The second kappa shape index (κ2) is 7.49. The van der Waals surface area contributed by atoms with Crippen LogP contribution in [0.3, 0.4) is 0 Å². The van der Waals surface area contributed by atoms with E-state index in [2.05, 4.69) is 14.9 Å². The summed E-state index contributed by atoms with van der Waals surface area (Å²) in [5.41, 5.74) is 0.657. The predicted octanol–water partition coefficient (Wildman–Crippen LogP) is 3.00. The molecule has 0 bridgehead atoms. The first-order valence-electron chi connectivity index (χ1n) is 6.69. The van der Waals surface area contributed by atoms with E-state index >= 15 is 0 Å². The first kappa shape index (κ1) is 17.3. The van der Waals surface area contributed by atoms with Gasteiger partial charge in [-0.3, -0.25) is 4.21 Å². The van der Waals surface area contributed by atoms with E-state index in [1.54, 1.807) is 19.9 Å². The third-order valence-corrected chi connectivity index (χ3v) is 4.65. The van der Waals surface area contributed by atoms with Crippen LogP contribution in [0, 0.1) is 6.92 Å². The molecule has 2 aromatic rings. The largest absolute Gasteiger partial charge is 0.493 e. The second-order valence-corrected chi connectivity index (χ2v) is 6.47. The highest BCUT2D eigenvalue weighted by molar-refractivity contribution is 7.84. The zero-order valence-corrected chi connectivity index (χ0v) is 13.6. The number of alkyl halides is 2. The minimum absolute atomic E-state index is 0.0717. The molecular formula is C14H16F2N2O4S. The monoisotopic (exact) mass is 346 g/mol. The molecule has 0 aliphatic carbocycles. The molecule has 126 valence electrons. The number of nitrogens with zero attached hydrogens (tertiary/aromatic N) is 2. The van der Waals surface area contributed by atoms with Gasteiger partial charge in [-0.25, -0.2) is 0 Å². The quantitative estimate of drug-likeness (QED) is 0.767. The summed E-state index contributed by atoms with van der Waals surface area (Å²) >= 11 is 0. The predicted molar refractivity (Wildman–Crippen MR) is 78.9 cm³/mol. The number of halogens is 2. The zero-order valence-electron chi connectivity index (χ0n) is 12.8. The summed E-state index contributed by atoms with van der Waals surface area (Å²) in [5, 5.41) is 3.22. The van der Waals surface area contributed by atoms with E-state index in [-0.39, 0.29) is 17.3 Å². The van der Waals surface area contributed by atoms with Crippen LogP contribution >= 0.6 is 0 Å². The molecule has 0 aliphatic heterocycles. The molecule has 0 spiro atoms. The van der Waals surface area contributed by atoms with Crippen LogP contribution in [-0.4, -0.2) is 28.1 Å². The van der Waals surface area contributed by atoms with Gasteiger partial charge in [0.15, 0.2) is 17.3 Å². The van der Waals surface area contributed by atoms with Gasteiger partial charge < -0.3 is 14.0 Å². The Bertz CT molecular complexity index is 693. The molecular weight excluding hydrogens is 330 g/mol. The zero-order chi connectivity index (χ0) is 17.0. The average molecular weight is 346 g/mol. The Balaban J connectivity index is 2.11. The molecule has 9 heteroatoms. The van der Waals surface area contributed by atoms with Crippen LogP contribution in [0.1, 0.15) is 29.5 Å². The lowest BCUT2D eigenvalue weighted by Gasteiger charge is -2.12. The third-order valence-electron chi connectivity index (χ3n) is 3.04. The van der Waals surface area contributed by atoms with Crippen molar-refractivity contribution in [3.63, 3.8) is 0 Å². The minimum Gasteiger partial charge on any atom is -0.493 e. The van der Waals surface area contributed by atoms with Crippen molar-refractivity contribution >= 4 is 10.8 Å². The van der Waals surface area contributed by atoms with Gasteiger partial charge in [-0.1, -0.05) is 11.2 Å². The smallest absolute Gasteiger partial charge is 0.387 e. The van der Waals surface area contributed by atoms with Crippen molar-refractivity contribution in [3.05, 3.63) is 35.5 Å². The lowest BCUT2D eigenvalue weighted by atomic mass is 10.2. The van der Waals surface area contributed by atoms with E-state index in [0.717, 1.165) is 0 Å². The summed E-state index contributed by atoms with van der Waals surface area (Å²) in [6, 6.07) is 4.43. The summed E-state index contributed by atoms with van der Waals surface area (Å²) in [5.74, 6) is 1.04. The summed E-state index contributed by atoms with van der Waals surface area (Å²) in [7, 11) is 0.0237. The maximum Gasteiger partial charge on any atom is 0.387 e. The molecule has 23 heavy (non-hydrogen) atoms. The van der Waals surface area contributed by atoms with E-state index in [1.165, 1.54) is 19.2 Å². The number of aryl methyl sites for hydroxylation is 1. The van der Waals surface area contributed by atoms with E-state index in [9.17, 15) is 13.0 Å². The van der Waals surface area contributed by atoms with E-state index in [0.29, 0.717) is 17.3 Å².